The van der Waals surface area contributed by atoms with Crippen LogP contribution in [0.5, 0.6) is 5.75 Å². The fourth-order valence-corrected chi connectivity index (χ4v) is 2.29. The highest BCUT2D eigenvalue weighted by atomic mass is 16.5. The second-order valence-corrected chi connectivity index (χ2v) is 4.61. The lowest BCUT2D eigenvalue weighted by atomic mass is 10.0. The van der Waals surface area contributed by atoms with Crippen LogP contribution in [0.2, 0.25) is 0 Å². The highest BCUT2D eigenvalue weighted by molar-refractivity contribution is 5.39. The van der Waals surface area contributed by atoms with E-state index in [2.05, 4.69) is 31.3 Å². The van der Waals surface area contributed by atoms with Crippen molar-refractivity contribution in [3.8, 4) is 5.75 Å². The number of nitrogens with one attached hydrogen (secondary N) is 1. The normalized spacial score (nSPS) is 12.4. The quantitative estimate of drug-likeness (QED) is 0.892. The summed E-state index contributed by atoms with van der Waals surface area (Å²) in [5, 5.41) is 3.30. The SMILES string of the molecule is CCc1ccc(C(NC)c2ccc(OC)c(C)c2)o1. The second kappa shape index (κ2) is 5.93. The lowest BCUT2D eigenvalue weighted by Crippen LogP contribution is -2.17. The van der Waals surface area contributed by atoms with Gasteiger partial charge in [0, 0.05) is 6.42 Å². The van der Waals surface area contributed by atoms with Crippen LogP contribution in [-0.2, 0) is 6.42 Å². The van der Waals surface area contributed by atoms with Gasteiger partial charge in [-0.1, -0.05) is 19.1 Å². The van der Waals surface area contributed by atoms with Crippen LogP contribution in [0.25, 0.3) is 0 Å². The molecule has 1 unspecified atom stereocenters. The minimum absolute atomic E-state index is 0.0740. The van der Waals surface area contributed by atoms with E-state index >= 15 is 0 Å². The molecule has 102 valence electrons. The van der Waals surface area contributed by atoms with Crippen LogP contribution >= 0.6 is 0 Å². The lowest BCUT2D eigenvalue weighted by Gasteiger charge is -2.16. The lowest BCUT2D eigenvalue weighted by molar-refractivity contribution is 0.410. The first-order chi connectivity index (χ1) is 9.19. The third-order valence-electron chi connectivity index (χ3n) is 3.36. The van der Waals surface area contributed by atoms with E-state index < -0.39 is 0 Å². The van der Waals surface area contributed by atoms with Crippen molar-refractivity contribution in [1.82, 2.24) is 5.32 Å². The molecule has 1 heterocycles. The maximum atomic E-state index is 5.84. The Labute approximate surface area is 114 Å². The van der Waals surface area contributed by atoms with Gasteiger partial charge < -0.3 is 14.5 Å². The van der Waals surface area contributed by atoms with Gasteiger partial charge in [0.1, 0.15) is 17.3 Å². The Hall–Kier alpha value is -1.74. The van der Waals surface area contributed by atoms with E-state index in [4.69, 9.17) is 9.15 Å². The number of furan rings is 1. The first kappa shape index (κ1) is 13.7. The Morgan fingerprint density at radius 1 is 1.26 bits per heavy atom. The van der Waals surface area contributed by atoms with Gasteiger partial charge in [-0.25, -0.2) is 0 Å². The molecule has 2 rings (SSSR count). The van der Waals surface area contributed by atoms with Crippen LogP contribution in [-0.4, -0.2) is 14.2 Å². The molecule has 1 atom stereocenters. The zero-order valence-corrected chi connectivity index (χ0v) is 12.0. The van der Waals surface area contributed by atoms with E-state index in [9.17, 15) is 0 Å². The van der Waals surface area contributed by atoms with Gasteiger partial charge in [0.15, 0.2) is 0 Å². The minimum Gasteiger partial charge on any atom is -0.496 e. The summed E-state index contributed by atoms with van der Waals surface area (Å²) in [6.07, 6.45) is 0.915. The van der Waals surface area contributed by atoms with E-state index in [0.29, 0.717) is 0 Å². The maximum absolute atomic E-state index is 5.84. The third kappa shape index (κ3) is 2.82. The average Bonchev–Trinajstić information content (AvgIpc) is 2.88. The van der Waals surface area contributed by atoms with Crippen molar-refractivity contribution in [2.45, 2.75) is 26.3 Å². The summed E-state index contributed by atoms with van der Waals surface area (Å²) < 4.78 is 11.1. The molecule has 0 aliphatic rings. The Morgan fingerprint density at radius 2 is 2.05 bits per heavy atom. The predicted molar refractivity (Wildman–Crippen MR) is 76.7 cm³/mol. The number of methoxy groups -OCH3 is 1. The molecule has 3 nitrogen and oxygen atoms in total. The van der Waals surface area contributed by atoms with Gasteiger partial charge in [0.25, 0.3) is 0 Å². The zero-order valence-electron chi connectivity index (χ0n) is 12.0. The van der Waals surface area contributed by atoms with Crippen LogP contribution in [0.1, 0.15) is 35.6 Å². The molecule has 0 aliphatic heterocycles. The van der Waals surface area contributed by atoms with E-state index in [0.717, 1.165) is 29.3 Å². The topological polar surface area (TPSA) is 34.4 Å². The molecule has 19 heavy (non-hydrogen) atoms. The Morgan fingerprint density at radius 3 is 2.58 bits per heavy atom. The molecule has 0 saturated carbocycles. The molecule has 1 N–H and O–H groups in total. The van der Waals surface area contributed by atoms with Gasteiger partial charge in [0.05, 0.1) is 13.2 Å². The highest BCUT2D eigenvalue weighted by Gasteiger charge is 2.16. The molecule has 0 saturated heterocycles. The average molecular weight is 259 g/mol. The van der Waals surface area contributed by atoms with Crippen LogP contribution in [0.4, 0.5) is 0 Å². The summed E-state index contributed by atoms with van der Waals surface area (Å²) >= 11 is 0. The largest absolute Gasteiger partial charge is 0.496 e. The number of ether oxygens (including phenoxy) is 1. The number of hydrogen-bond donors (Lipinski definition) is 1. The van der Waals surface area contributed by atoms with Crippen molar-refractivity contribution in [2.75, 3.05) is 14.2 Å². The van der Waals surface area contributed by atoms with Crippen molar-refractivity contribution in [1.29, 1.82) is 0 Å². The molecular formula is C16H21NO2. The molecule has 1 aromatic heterocycles. The van der Waals surface area contributed by atoms with Gasteiger partial charge in [0.2, 0.25) is 0 Å². The van der Waals surface area contributed by atoms with Crippen LogP contribution < -0.4 is 10.1 Å². The molecule has 3 heteroatoms. The number of hydrogen-bond acceptors (Lipinski definition) is 3. The molecule has 0 bridgehead atoms. The molecule has 0 aliphatic carbocycles. The summed E-state index contributed by atoms with van der Waals surface area (Å²) in [6, 6.07) is 10.4. The molecule has 0 fully saturated rings. The number of rotatable bonds is 5. The smallest absolute Gasteiger partial charge is 0.125 e. The summed E-state index contributed by atoms with van der Waals surface area (Å²) in [4.78, 5) is 0. The standard InChI is InChI=1S/C16H21NO2/c1-5-13-7-9-15(19-13)16(17-3)12-6-8-14(18-4)11(2)10-12/h6-10,16-17H,5H2,1-4H3. The number of benzene rings is 1. The molecule has 2 aromatic rings. The van der Waals surface area contributed by atoms with E-state index in [1.54, 1.807) is 7.11 Å². The summed E-state index contributed by atoms with van der Waals surface area (Å²) in [5.41, 5.74) is 2.31. The van der Waals surface area contributed by atoms with E-state index in [-0.39, 0.29) is 6.04 Å². The third-order valence-corrected chi connectivity index (χ3v) is 3.36. The number of aryl methyl sites for hydroxylation is 2. The van der Waals surface area contributed by atoms with Gasteiger partial charge in [-0.2, -0.15) is 0 Å². The highest BCUT2D eigenvalue weighted by Crippen LogP contribution is 2.27. The molecule has 1 aromatic carbocycles. The van der Waals surface area contributed by atoms with Gasteiger partial charge >= 0.3 is 0 Å². The molecular weight excluding hydrogens is 238 g/mol. The monoisotopic (exact) mass is 259 g/mol. The first-order valence-corrected chi connectivity index (χ1v) is 6.60. The molecule has 0 spiro atoms. The second-order valence-electron chi connectivity index (χ2n) is 4.61. The summed E-state index contributed by atoms with van der Waals surface area (Å²) in [6.45, 7) is 4.14. The van der Waals surface area contributed by atoms with Crippen molar-refractivity contribution < 1.29 is 9.15 Å². The van der Waals surface area contributed by atoms with Crippen LogP contribution in [0, 0.1) is 6.92 Å². The zero-order chi connectivity index (χ0) is 13.8. The Balaban J connectivity index is 2.33. The minimum atomic E-state index is 0.0740. The molecule has 0 amide bonds. The fraction of sp³-hybridized carbons (Fsp3) is 0.375. The fourth-order valence-electron chi connectivity index (χ4n) is 2.29. The van der Waals surface area contributed by atoms with Crippen LogP contribution in [0.15, 0.2) is 34.7 Å². The molecule has 0 radical (unpaired) electrons. The van der Waals surface area contributed by atoms with Gasteiger partial charge in [-0.3, -0.25) is 0 Å². The Bertz CT molecular complexity index is 545. The van der Waals surface area contributed by atoms with E-state index in [1.807, 2.05) is 25.2 Å². The predicted octanol–water partition coefficient (Wildman–Crippen LogP) is 3.47. The van der Waals surface area contributed by atoms with Crippen molar-refractivity contribution in [3.05, 3.63) is 53.0 Å². The van der Waals surface area contributed by atoms with Gasteiger partial charge in [-0.05, 0) is 43.3 Å². The van der Waals surface area contributed by atoms with Crippen molar-refractivity contribution in [2.24, 2.45) is 0 Å². The van der Waals surface area contributed by atoms with Gasteiger partial charge in [-0.15, -0.1) is 0 Å². The first-order valence-electron chi connectivity index (χ1n) is 6.60. The van der Waals surface area contributed by atoms with Crippen LogP contribution in [0.3, 0.4) is 0 Å². The maximum Gasteiger partial charge on any atom is 0.125 e. The van der Waals surface area contributed by atoms with Crippen molar-refractivity contribution >= 4 is 0 Å². The Kier molecular flexibility index (Phi) is 4.27. The van der Waals surface area contributed by atoms with E-state index in [1.165, 1.54) is 5.56 Å². The summed E-state index contributed by atoms with van der Waals surface area (Å²) in [7, 11) is 3.63. The van der Waals surface area contributed by atoms with Crippen molar-refractivity contribution in [3.63, 3.8) is 0 Å². The summed E-state index contributed by atoms with van der Waals surface area (Å²) in [5.74, 6) is 2.87.